The fourth-order valence-electron chi connectivity index (χ4n) is 4.08. The van der Waals surface area contributed by atoms with Crippen LogP contribution in [-0.4, -0.2) is 35.0 Å². The van der Waals surface area contributed by atoms with Crippen LogP contribution in [0.1, 0.15) is 24.1 Å². The first-order valence-corrected chi connectivity index (χ1v) is 11.8. The van der Waals surface area contributed by atoms with Gasteiger partial charge >= 0.3 is 12.1 Å². The van der Waals surface area contributed by atoms with Gasteiger partial charge in [-0.15, -0.1) is 0 Å². The van der Waals surface area contributed by atoms with Crippen molar-refractivity contribution in [3.05, 3.63) is 94.7 Å². The van der Waals surface area contributed by atoms with Crippen LogP contribution in [0.2, 0.25) is 0 Å². The van der Waals surface area contributed by atoms with Crippen LogP contribution in [-0.2, 0) is 9.53 Å². The third-order valence-electron chi connectivity index (χ3n) is 5.71. The minimum absolute atomic E-state index is 0.00924. The van der Waals surface area contributed by atoms with Gasteiger partial charge < -0.3 is 14.2 Å². The second-order valence-electron chi connectivity index (χ2n) is 8.02. The Bertz CT molecular complexity index is 1670. The average Bonchev–Trinajstić information content (AvgIpc) is 3.46. The lowest BCUT2D eigenvalue weighted by atomic mass is 9.95. The van der Waals surface area contributed by atoms with E-state index < -0.39 is 39.9 Å². The molecule has 1 atom stereocenters. The van der Waals surface area contributed by atoms with Gasteiger partial charge in [0.15, 0.2) is 22.0 Å². The summed E-state index contributed by atoms with van der Waals surface area (Å²) in [5, 5.41) is 10.9. The lowest BCUT2D eigenvalue weighted by Crippen LogP contribution is -2.41. The predicted octanol–water partition coefficient (Wildman–Crippen LogP) is 2.98. The molecule has 3 heterocycles. The van der Waals surface area contributed by atoms with Crippen molar-refractivity contribution in [2.24, 2.45) is 4.99 Å². The first-order valence-electron chi connectivity index (χ1n) is 11.0. The van der Waals surface area contributed by atoms with Crippen LogP contribution in [0.5, 0.6) is 11.5 Å². The minimum atomic E-state index is -5.04. The van der Waals surface area contributed by atoms with E-state index >= 15 is 0 Å². The highest BCUT2D eigenvalue weighted by Gasteiger charge is 2.45. The molecule has 5 rings (SSSR count). The number of fused-ring (bicyclic) bond motifs is 2. The van der Waals surface area contributed by atoms with Crippen molar-refractivity contribution in [2.75, 3.05) is 13.4 Å². The van der Waals surface area contributed by atoms with E-state index in [1.165, 1.54) is 55.5 Å². The van der Waals surface area contributed by atoms with Gasteiger partial charge in [0.05, 0.1) is 27.7 Å². The highest BCUT2D eigenvalue weighted by atomic mass is 32.1. The summed E-state index contributed by atoms with van der Waals surface area (Å²) < 4.78 is 59.2. The third-order valence-corrected chi connectivity index (χ3v) is 6.69. The number of rotatable bonds is 5. The number of nitrogens with zero attached hydrogens (tertiary/aromatic N) is 3. The highest BCUT2D eigenvalue weighted by molar-refractivity contribution is 7.07. The Morgan fingerprint density at radius 2 is 1.95 bits per heavy atom. The number of carbonyl (C=O) groups excluding carboxylic acids is 1. The maximum absolute atomic E-state index is 14.2. The molecule has 0 saturated heterocycles. The fraction of sp³-hybridized carbons (Fsp3) is 0.208. The summed E-state index contributed by atoms with van der Waals surface area (Å²) in [7, 11) is 0. The SMILES string of the molecule is CCOC(=O)C1=C(C(F)(F)F)N=c2sc(=Cc3ccc([N+](=O)[O-])cc3)c(=O)n2[C@@H]1c1ccc2c(c1)OCO2. The number of benzene rings is 2. The summed E-state index contributed by atoms with van der Waals surface area (Å²) in [6, 6.07) is 8.05. The Kier molecular flexibility index (Phi) is 6.26. The molecule has 0 radical (unpaired) electrons. The molecule has 0 fully saturated rings. The molecule has 0 aliphatic carbocycles. The molecule has 0 saturated carbocycles. The van der Waals surface area contributed by atoms with Gasteiger partial charge in [0.25, 0.3) is 11.2 Å². The number of hydrogen-bond acceptors (Lipinski definition) is 9. The summed E-state index contributed by atoms with van der Waals surface area (Å²) in [6.07, 6.45) is -3.66. The lowest BCUT2D eigenvalue weighted by Gasteiger charge is -2.26. The number of thiazole rings is 1. The van der Waals surface area contributed by atoms with Gasteiger partial charge in [0.2, 0.25) is 6.79 Å². The Labute approximate surface area is 214 Å². The van der Waals surface area contributed by atoms with E-state index in [0.29, 0.717) is 22.6 Å². The number of carbonyl (C=O) groups is 1. The van der Waals surface area contributed by atoms with Gasteiger partial charge in [-0.05, 0) is 48.4 Å². The Morgan fingerprint density at radius 3 is 2.61 bits per heavy atom. The number of nitro benzene ring substituents is 1. The molecular formula is C24H16F3N3O7S. The van der Waals surface area contributed by atoms with Gasteiger partial charge in [-0.25, -0.2) is 9.79 Å². The van der Waals surface area contributed by atoms with Crippen molar-refractivity contribution in [1.82, 2.24) is 4.57 Å². The number of non-ortho nitro benzene ring substituents is 1. The zero-order valence-electron chi connectivity index (χ0n) is 19.4. The van der Waals surface area contributed by atoms with Crippen LogP contribution < -0.4 is 24.4 Å². The van der Waals surface area contributed by atoms with Crippen LogP contribution in [0.4, 0.5) is 18.9 Å². The van der Waals surface area contributed by atoms with Crippen molar-refractivity contribution in [1.29, 1.82) is 0 Å². The maximum atomic E-state index is 14.2. The largest absolute Gasteiger partial charge is 0.463 e. The number of allylic oxidation sites excluding steroid dienone is 1. The van der Waals surface area contributed by atoms with E-state index in [4.69, 9.17) is 14.2 Å². The van der Waals surface area contributed by atoms with E-state index in [1.54, 1.807) is 0 Å². The maximum Gasteiger partial charge on any atom is 0.434 e. The molecule has 10 nitrogen and oxygen atoms in total. The van der Waals surface area contributed by atoms with Gasteiger partial charge in [0, 0.05) is 12.1 Å². The molecule has 14 heteroatoms. The minimum Gasteiger partial charge on any atom is -0.463 e. The second kappa shape index (κ2) is 9.45. The van der Waals surface area contributed by atoms with Gasteiger partial charge in [-0.3, -0.25) is 19.5 Å². The molecule has 0 bridgehead atoms. The molecule has 2 aliphatic rings. The van der Waals surface area contributed by atoms with Crippen LogP contribution in [0.25, 0.3) is 6.08 Å². The van der Waals surface area contributed by atoms with Crippen LogP contribution in [0.15, 0.2) is 63.5 Å². The first kappa shape index (κ1) is 25.2. The van der Waals surface area contributed by atoms with E-state index in [2.05, 4.69) is 4.99 Å². The zero-order valence-corrected chi connectivity index (χ0v) is 20.2. The summed E-state index contributed by atoms with van der Waals surface area (Å²) in [5.74, 6) is -0.669. The van der Waals surface area contributed by atoms with Crippen LogP contribution in [0, 0.1) is 10.1 Å². The first-order chi connectivity index (χ1) is 18.1. The smallest absolute Gasteiger partial charge is 0.434 e. The number of esters is 1. The third kappa shape index (κ3) is 4.42. The quantitative estimate of drug-likeness (QED) is 0.273. The normalized spacial score (nSPS) is 16.7. The van der Waals surface area contributed by atoms with E-state index in [-0.39, 0.29) is 39.7 Å². The van der Waals surface area contributed by atoms with Crippen molar-refractivity contribution in [3.8, 4) is 11.5 Å². The summed E-state index contributed by atoms with van der Waals surface area (Å²) in [5.41, 5.74) is -2.63. The van der Waals surface area contributed by atoms with E-state index in [1.807, 2.05) is 0 Å². The Balaban J connectivity index is 1.76. The van der Waals surface area contributed by atoms with Gasteiger partial charge in [-0.2, -0.15) is 13.2 Å². The number of alkyl halides is 3. The number of halogens is 3. The fourth-order valence-corrected chi connectivity index (χ4v) is 5.08. The summed E-state index contributed by atoms with van der Waals surface area (Å²) in [4.78, 5) is 40.2. The van der Waals surface area contributed by atoms with Gasteiger partial charge in [-0.1, -0.05) is 17.4 Å². The van der Waals surface area contributed by atoms with Gasteiger partial charge in [0.1, 0.15) is 0 Å². The topological polar surface area (TPSA) is 122 Å². The van der Waals surface area contributed by atoms with Crippen LogP contribution in [0.3, 0.4) is 0 Å². The highest BCUT2D eigenvalue weighted by Crippen LogP contribution is 2.41. The van der Waals surface area contributed by atoms with Crippen molar-refractivity contribution >= 4 is 29.1 Å². The number of ether oxygens (including phenoxy) is 3. The Morgan fingerprint density at radius 1 is 1.24 bits per heavy atom. The summed E-state index contributed by atoms with van der Waals surface area (Å²) in [6.45, 7) is 1.15. The Hall–Kier alpha value is -4.46. The molecule has 2 aliphatic heterocycles. The summed E-state index contributed by atoms with van der Waals surface area (Å²) >= 11 is 0.690. The molecule has 3 aromatic rings. The molecule has 0 N–H and O–H groups in total. The number of hydrogen-bond donors (Lipinski definition) is 0. The van der Waals surface area contributed by atoms with E-state index in [9.17, 15) is 32.9 Å². The standard InChI is InChI=1S/C24H16F3N3O7S/c1-2-35-22(32)18-19(13-5-8-15-16(10-13)37-11-36-15)29-21(31)17(38-23(29)28-20(18)24(25,26)27)9-12-3-6-14(7-4-12)30(33)34/h3-10,19H,2,11H2,1H3/t19-/m1/s1. The van der Waals surface area contributed by atoms with Crippen molar-refractivity contribution < 1.29 is 37.1 Å². The molecule has 1 aromatic heterocycles. The van der Waals surface area contributed by atoms with Crippen molar-refractivity contribution in [2.45, 2.75) is 19.1 Å². The molecule has 0 amide bonds. The number of aromatic nitrogens is 1. The second-order valence-corrected chi connectivity index (χ2v) is 9.03. The predicted molar refractivity (Wildman–Crippen MR) is 126 cm³/mol. The molecule has 38 heavy (non-hydrogen) atoms. The van der Waals surface area contributed by atoms with E-state index in [0.717, 1.165) is 4.57 Å². The molecule has 2 aromatic carbocycles. The molecule has 196 valence electrons. The van der Waals surface area contributed by atoms with Crippen molar-refractivity contribution in [3.63, 3.8) is 0 Å². The zero-order chi connectivity index (χ0) is 27.2. The lowest BCUT2D eigenvalue weighted by molar-refractivity contribution is -0.384. The average molecular weight is 547 g/mol. The molecule has 0 unspecified atom stereocenters. The monoisotopic (exact) mass is 547 g/mol. The molecular weight excluding hydrogens is 531 g/mol. The van der Waals surface area contributed by atoms with Crippen LogP contribution >= 0.6 is 11.3 Å². The molecule has 0 spiro atoms. The number of nitro groups is 1.